The van der Waals surface area contributed by atoms with Crippen molar-refractivity contribution in [1.82, 2.24) is 0 Å². The van der Waals surface area contributed by atoms with Crippen molar-refractivity contribution in [3.8, 4) is 5.75 Å². The summed E-state index contributed by atoms with van der Waals surface area (Å²) in [6.07, 6.45) is 18.5. The normalized spacial score (nSPS) is 25.4. The Kier molecular flexibility index (Phi) is 8.43. The number of ether oxygens (including phenoxy) is 1. The summed E-state index contributed by atoms with van der Waals surface area (Å²) < 4.78 is 19.3. The van der Waals surface area contributed by atoms with Gasteiger partial charge in [0.15, 0.2) is 11.6 Å². The average Bonchev–Trinajstić information content (AvgIpc) is 2.73. The van der Waals surface area contributed by atoms with Crippen molar-refractivity contribution in [2.24, 2.45) is 17.8 Å². The lowest BCUT2D eigenvalue weighted by Crippen LogP contribution is -2.23. The van der Waals surface area contributed by atoms with Gasteiger partial charge in [-0.25, -0.2) is 4.39 Å². The fourth-order valence-electron chi connectivity index (χ4n) is 5.28. The maximum atomic E-state index is 14.0. The van der Waals surface area contributed by atoms with Crippen LogP contribution in [0.1, 0.15) is 90.0 Å². The smallest absolute Gasteiger partial charge is 0.165 e. The van der Waals surface area contributed by atoms with E-state index in [1.165, 1.54) is 64.2 Å². The minimum Gasteiger partial charge on any atom is -0.491 e. The Hall–Kier alpha value is -1.31. The quantitative estimate of drug-likeness (QED) is 0.392. The van der Waals surface area contributed by atoms with Crippen molar-refractivity contribution >= 4 is 0 Å². The third kappa shape index (κ3) is 6.09. The molecule has 1 aromatic rings. The Morgan fingerprint density at radius 2 is 1.82 bits per heavy atom. The molecule has 156 valence electrons. The first-order valence-electron chi connectivity index (χ1n) is 11.8. The molecule has 0 aromatic heterocycles. The van der Waals surface area contributed by atoms with Gasteiger partial charge in [0.05, 0.1) is 6.61 Å². The van der Waals surface area contributed by atoms with Crippen molar-refractivity contribution < 1.29 is 9.13 Å². The van der Waals surface area contributed by atoms with Crippen LogP contribution in [0.2, 0.25) is 0 Å². The molecule has 0 aliphatic heterocycles. The average molecular weight is 387 g/mol. The zero-order valence-corrected chi connectivity index (χ0v) is 18.0. The van der Waals surface area contributed by atoms with Gasteiger partial charge in [-0.15, -0.1) is 0 Å². The van der Waals surface area contributed by atoms with Gasteiger partial charge in [-0.3, -0.25) is 0 Å². The fourth-order valence-corrected chi connectivity index (χ4v) is 5.28. The lowest BCUT2D eigenvalue weighted by molar-refractivity contribution is 0.185. The standard InChI is InChI=1S/C26H39FO/c1-3-5-6-20-9-14-23(15-10-20)24-16-11-21(12-17-24)7-8-22-13-18-26(28-4-2)25(27)19-22/h11,13,18-20,23-24H,3-10,12,14-17H2,1-2H3/t20-,23-,24?. The highest BCUT2D eigenvalue weighted by Crippen LogP contribution is 2.41. The Morgan fingerprint density at radius 1 is 1.00 bits per heavy atom. The van der Waals surface area contributed by atoms with Gasteiger partial charge in [0.25, 0.3) is 0 Å². The van der Waals surface area contributed by atoms with Gasteiger partial charge >= 0.3 is 0 Å². The summed E-state index contributed by atoms with van der Waals surface area (Å²) >= 11 is 0. The summed E-state index contributed by atoms with van der Waals surface area (Å²) in [6, 6.07) is 5.43. The highest BCUT2D eigenvalue weighted by Gasteiger charge is 2.28. The number of allylic oxidation sites excluding steroid dienone is 2. The lowest BCUT2D eigenvalue weighted by atomic mass is 9.70. The second-order valence-corrected chi connectivity index (χ2v) is 9.02. The number of rotatable bonds is 9. The molecule has 1 aromatic carbocycles. The van der Waals surface area contributed by atoms with E-state index in [-0.39, 0.29) is 5.82 Å². The molecule has 0 N–H and O–H groups in total. The molecule has 1 atom stereocenters. The molecule has 2 aliphatic rings. The first kappa shape index (κ1) is 21.4. The van der Waals surface area contributed by atoms with Gasteiger partial charge in [-0.1, -0.05) is 56.7 Å². The van der Waals surface area contributed by atoms with Gasteiger partial charge in [-0.2, -0.15) is 0 Å². The molecule has 1 unspecified atom stereocenters. The zero-order chi connectivity index (χ0) is 19.8. The molecule has 0 radical (unpaired) electrons. The summed E-state index contributed by atoms with van der Waals surface area (Å²) in [5.74, 6) is 3.04. The molecular formula is C26H39FO. The lowest BCUT2D eigenvalue weighted by Gasteiger charge is -2.35. The molecule has 2 aliphatic carbocycles. The minimum absolute atomic E-state index is 0.230. The number of unbranched alkanes of at least 4 members (excludes halogenated alkanes) is 1. The van der Waals surface area contributed by atoms with Crippen LogP contribution in [-0.4, -0.2) is 6.61 Å². The van der Waals surface area contributed by atoms with Gasteiger partial charge < -0.3 is 4.74 Å². The Bertz CT molecular complexity index is 627. The van der Waals surface area contributed by atoms with E-state index in [0.717, 1.165) is 36.2 Å². The van der Waals surface area contributed by atoms with Crippen molar-refractivity contribution in [2.75, 3.05) is 6.61 Å². The molecule has 0 saturated heterocycles. The van der Waals surface area contributed by atoms with Crippen LogP contribution in [0.3, 0.4) is 0 Å². The van der Waals surface area contributed by atoms with Crippen LogP contribution in [-0.2, 0) is 6.42 Å². The molecule has 1 nitrogen and oxygen atoms in total. The van der Waals surface area contributed by atoms with Crippen molar-refractivity contribution in [2.45, 2.75) is 90.9 Å². The molecule has 0 heterocycles. The monoisotopic (exact) mass is 386 g/mol. The zero-order valence-electron chi connectivity index (χ0n) is 18.0. The number of aryl methyl sites for hydroxylation is 1. The van der Waals surface area contributed by atoms with Crippen LogP contribution < -0.4 is 4.74 Å². The number of halogens is 1. The van der Waals surface area contributed by atoms with E-state index in [1.807, 2.05) is 13.0 Å². The Labute approximate surface area is 171 Å². The second kappa shape index (κ2) is 11.0. The largest absolute Gasteiger partial charge is 0.491 e. The van der Waals surface area contributed by atoms with Crippen LogP contribution >= 0.6 is 0 Å². The molecule has 0 amide bonds. The molecule has 0 spiro atoms. The van der Waals surface area contributed by atoms with Crippen LogP contribution in [0.5, 0.6) is 5.75 Å². The molecule has 1 saturated carbocycles. The predicted octanol–water partition coefficient (Wildman–Crippen LogP) is 7.88. The molecule has 0 bridgehead atoms. The van der Waals surface area contributed by atoms with Crippen LogP contribution in [0.25, 0.3) is 0 Å². The minimum atomic E-state index is -0.230. The van der Waals surface area contributed by atoms with Gasteiger partial charge in [0, 0.05) is 0 Å². The van der Waals surface area contributed by atoms with E-state index in [0.29, 0.717) is 12.4 Å². The van der Waals surface area contributed by atoms with E-state index < -0.39 is 0 Å². The summed E-state index contributed by atoms with van der Waals surface area (Å²) in [5, 5.41) is 0. The van der Waals surface area contributed by atoms with Gasteiger partial charge in [-0.05, 0) is 87.3 Å². The van der Waals surface area contributed by atoms with Crippen molar-refractivity contribution in [3.63, 3.8) is 0 Å². The van der Waals surface area contributed by atoms with Crippen molar-refractivity contribution in [1.29, 1.82) is 0 Å². The highest BCUT2D eigenvalue weighted by molar-refractivity contribution is 5.30. The number of hydrogen-bond donors (Lipinski definition) is 0. The predicted molar refractivity (Wildman–Crippen MR) is 116 cm³/mol. The molecule has 2 heteroatoms. The third-order valence-corrected chi connectivity index (χ3v) is 7.10. The van der Waals surface area contributed by atoms with E-state index in [4.69, 9.17) is 4.74 Å². The van der Waals surface area contributed by atoms with E-state index in [9.17, 15) is 4.39 Å². The molecule has 1 fully saturated rings. The maximum Gasteiger partial charge on any atom is 0.165 e. The first-order valence-corrected chi connectivity index (χ1v) is 11.8. The number of benzene rings is 1. The third-order valence-electron chi connectivity index (χ3n) is 7.10. The summed E-state index contributed by atoms with van der Waals surface area (Å²) in [7, 11) is 0. The summed E-state index contributed by atoms with van der Waals surface area (Å²) in [5.41, 5.74) is 2.66. The van der Waals surface area contributed by atoms with Crippen LogP contribution in [0.4, 0.5) is 4.39 Å². The maximum absolute atomic E-state index is 14.0. The van der Waals surface area contributed by atoms with Crippen LogP contribution in [0.15, 0.2) is 29.8 Å². The summed E-state index contributed by atoms with van der Waals surface area (Å²) in [6.45, 7) is 4.70. The molecule has 28 heavy (non-hydrogen) atoms. The van der Waals surface area contributed by atoms with Crippen molar-refractivity contribution in [3.05, 3.63) is 41.2 Å². The van der Waals surface area contributed by atoms with Gasteiger partial charge in [0.1, 0.15) is 0 Å². The van der Waals surface area contributed by atoms with Gasteiger partial charge in [0.2, 0.25) is 0 Å². The Morgan fingerprint density at radius 3 is 2.46 bits per heavy atom. The van der Waals surface area contributed by atoms with E-state index in [1.54, 1.807) is 17.7 Å². The summed E-state index contributed by atoms with van der Waals surface area (Å²) in [4.78, 5) is 0. The first-order chi connectivity index (χ1) is 13.7. The van der Waals surface area contributed by atoms with Crippen LogP contribution in [0, 0.1) is 23.6 Å². The topological polar surface area (TPSA) is 9.23 Å². The molecular weight excluding hydrogens is 347 g/mol. The SMILES string of the molecule is CCCC[C@H]1CC[C@H](C2CC=C(CCc3ccc(OCC)c(F)c3)CC2)CC1. The molecule has 3 rings (SSSR count). The second-order valence-electron chi connectivity index (χ2n) is 9.02. The van der Waals surface area contributed by atoms with E-state index in [2.05, 4.69) is 13.0 Å². The highest BCUT2D eigenvalue weighted by atomic mass is 19.1. The Balaban J connectivity index is 1.41. The van der Waals surface area contributed by atoms with E-state index >= 15 is 0 Å². The fraction of sp³-hybridized carbons (Fsp3) is 0.692. The number of hydrogen-bond acceptors (Lipinski definition) is 1.